The molecular formula is C14H13FN4O2. The summed E-state index contributed by atoms with van der Waals surface area (Å²) >= 11 is 0. The van der Waals surface area contributed by atoms with E-state index in [0.717, 1.165) is 0 Å². The molecule has 0 aliphatic rings. The van der Waals surface area contributed by atoms with E-state index in [1.807, 2.05) is 0 Å². The fourth-order valence-electron chi connectivity index (χ4n) is 2.28. The van der Waals surface area contributed by atoms with Gasteiger partial charge in [0.15, 0.2) is 17.2 Å². The number of methoxy groups -OCH3 is 1. The van der Waals surface area contributed by atoms with E-state index in [1.165, 1.54) is 34.7 Å². The molecule has 108 valence electrons. The van der Waals surface area contributed by atoms with Crippen LogP contribution in [0.15, 0.2) is 35.5 Å². The Labute approximate surface area is 119 Å². The maximum Gasteiger partial charge on any atom is 0.330 e. The van der Waals surface area contributed by atoms with E-state index in [2.05, 4.69) is 9.97 Å². The Hall–Kier alpha value is -2.70. The molecular weight excluding hydrogens is 275 g/mol. The van der Waals surface area contributed by atoms with Crippen molar-refractivity contribution < 1.29 is 9.13 Å². The minimum absolute atomic E-state index is 0.173. The van der Waals surface area contributed by atoms with Crippen molar-refractivity contribution in [3.05, 3.63) is 52.6 Å². The maximum atomic E-state index is 13.7. The fraction of sp³-hybridized carbons (Fsp3) is 0.214. The van der Waals surface area contributed by atoms with Crippen molar-refractivity contribution in [2.45, 2.75) is 6.54 Å². The maximum absolute atomic E-state index is 13.7. The highest BCUT2D eigenvalue weighted by Gasteiger charge is 2.13. The van der Waals surface area contributed by atoms with Crippen LogP contribution in [0.2, 0.25) is 0 Å². The molecule has 7 heteroatoms. The van der Waals surface area contributed by atoms with Gasteiger partial charge in [0.05, 0.1) is 19.9 Å². The summed E-state index contributed by atoms with van der Waals surface area (Å²) < 4.78 is 21.6. The van der Waals surface area contributed by atoms with Crippen molar-refractivity contribution in [2.75, 3.05) is 7.11 Å². The first-order chi connectivity index (χ1) is 10.1. The zero-order valence-corrected chi connectivity index (χ0v) is 11.6. The molecule has 0 atom stereocenters. The molecule has 2 heterocycles. The number of ether oxygens (including phenoxy) is 1. The third-order valence-electron chi connectivity index (χ3n) is 3.36. The summed E-state index contributed by atoms with van der Waals surface area (Å²) in [6.07, 6.45) is 2.96. The van der Waals surface area contributed by atoms with Crippen molar-refractivity contribution in [3.8, 4) is 5.75 Å². The van der Waals surface area contributed by atoms with Crippen molar-refractivity contribution in [3.63, 3.8) is 0 Å². The molecule has 0 aliphatic heterocycles. The van der Waals surface area contributed by atoms with Gasteiger partial charge in [0.25, 0.3) is 0 Å². The molecule has 0 spiro atoms. The number of hydrogen-bond donors (Lipinski definition) is 0. The molecule has 6 nitrogen and oxygen atoms in total. The topological polar surface area (TPSA) is 61.9 Å². The molecule has 0 N–H and O–H groups in total. The number of aryl methyl sites for hydroxylation is 1. The normalized spacial score (nSPS) is 11.0. The molecule has 0 saturated heterocycles. The Morgan fingerprint density at radius 2 is 2.19 bits per heavy atom. The first-order valence-electron chi connectivity index (χ1n) is 6.29. The standard InChI is InChI=1S/C14H13FN4O2/c1-18-13-11(6-16-8-17-13)19(14(18)20)7-9-3-4-12(21-2)10(15)5-9/h3-6,8H,7H2,1-2H3. The van der Waals surface area contributed by atoms with Gasteiger partial charge in [-0.2, -0.15) is 0 Å². The third kappa shape index (κ3) is 2.16. The van der Waals surface area contributed by atoms with Gasteiger partial charge in [-0.05, 0) is 17.7 Å². The number of halogens is 1. The molecule has 2 aromatic heterocycles. The Morgan fingerprint density at radius 1 is 1.38 bits per heavy atom. The van der Waals surface area contributed by atoms with Crippen molar-refractivity contribution in [2.24, 2.45) is 7.05 Å². The number of aromatic nitrogens is 4. The second-order valence-corrected chi connectivity index (χ2v) is 4.63. The van der Waals surface area contributed by atoms with Crippen LogP contribution in [0.5, 0.6) is 5.75 Å². The quantitative estimate of drug-likeness (QED) is 0.729. The first-order valence-corrected chi connectivity index (χ1v) is 6.29. The van der Waals surface area contributed by atoms with Crippen LogP contribution in [-0.4, -0.2) is 26.2 Å². The number of rotatable bonds is 3. The van der Waals surface area contributed by atoms with Crippen LogP contribution in [-0.2, 0) is 13.6 Å². The highest BCUT2D eigenvalue weighted by Crippen LogP contribution is 2.19. The minimum atomic E-state index is -0.459. The monoisotopic (exact) mass is 288 g/mol. The molecule has 0 amide bonds. The molecule has 0 saturated carbocycles. The van der Waals surface area contributed by atoms with E-state index >= 15 is 0 Å². The van der Waals surface area contributed by atoms with Crippen LogP contribution in [0.1, 0.15) is 5.56 Å². The highest BCUT2D eigenvalue weighted by molar-refractivity contribution is 5.70. The van der Waals surface area contributed by atoms with Crippen LogP contribution >= 0.6 is 0 Å². The summed E-state index contributed by atoms with van der Waals surface area (Å²) in [6, 6.07) is 4.61. The zero-order chi connectivity index (χ0) is 15.0. The Bertz CT molecular complexity index is 869. The van der Waals surface area contributed by atoms with Crippen LogP contribution in [0.25, 0.3) is 11.2 Å². The van der Waals surface area contributed by atoms with Gasteiger partial charge in [-0.15, -0.1) is 0 Å². The van der Waals surface area contributed by atoms with Gasteiger partial charge in [0, 0.05) is 7.05 Å². The summed E-state index contributed by atoms with van der Waals surface area (Å²) in [6.45, 7) is 0.241. The molecule has 0 fully saturated rings. The Kier molecular flexibility index (Phi) is 3.17. The molecule has 3 rings (SSSR count). The lowest BCUT2D eigenvalue weighted by atomic mass is 10.2. The minimum Gasteiger partial charge on any atom is -0.494 e. The molecule has 0 radical (unpaired) electrons. The average molecular weight is 288 g/mol. The predicted molar refractivity (Wildman–Crippen MR) is 74.8 cm³/mol. The SMILES string of the molecule is COc1ccc(Cn2c(=O)n(C)c3ncncc32)cc1F. The number of fused-ring (bicyclic) bond motifs is 1. The van der Waals surface area contributed by atoms with E-state index in [1.54, 1.807) is 19.3 Å². The highest BCUT2D eigenvalue weighted by atomic mass is 19.1. The molecule has 0 unspecified atom stereocenters. The van der Waals surface area contributed by atoms with E-state index in [-0.39, 0.29) is 18.0 Å². The number of hydrogen-bond acceptors (Lipinski definition) is 4. The lowest BCUT2D eigenvalue weighted by Crippen LogP contribution is -2.22. The summed E-state index contributed by atoms with van der Waals surface area (Å²) in [4.78, 5) is 20.3. The lowest BCUT2D eigenvalue weighted by Gasteiger charge is -2.06. The van der Waals surface area contributed by atoms with Crippen LogP contribution in [0.4, 0.5) is 4.39 Å². The van der Waals surface area contributed by atoms with Crippen LogP contribution in [0.3, 0.4) is 0 Å². The predicted octanol–water partition coefficient (Wildman–Crippen LogP) is 1.33. The van der Waals surface area contributed by atoms with Gasteiger partial charge in [-0.1, -0.05) is 6.07 Å². The number of benzene rings is 1. The zero-order valence-electron chi connectivity index (χ0n) is 11.6. The molecule has 0 bridgehead atoms. The van der Waals surface area contributed by atoms with Gasteiger partial charge < -0.3 is 4.74 Å². The summed E-state index contributed by atoms with van der Waals surface area (Å²) in [5, 5.41) is 0. The second-order valence-electron chi connectivity index (χ2n) is 4.63. The van der Waals surface area contributed by atoms with Crippen molar-refractivity contribution >= 4 is 11.2 Å². The Morgan fingerprint density at radius 3 is 2.90 bits per heavy atom. The van der Waals surface area contributed by atoms with E-state index in [4.69, 9.17) is 4.74 Å². The van der Waals surface area contributed by atoms with E-state index in [9.17, 15) is 9.18 Å². The molecule has 3 aromatic rings. The average Bonchev–Trinajstić information content (AvgIpc) is 2.73. The molecule has 1 aromatic carbocycles. The summed E-state index contributed by atoms with van der Waals surface area (Å²) in [5.41, 5.74) is 1.60. The molecule has 21 heavy (non-hydrogen) atoms. The largest absolute Gasteiger partial charge is 0.494 e. The van der Waals surface area contributed by atoms with E-state index < -0.39 is 5.82 Å². The van der Waals surface area contributed by atoms with Gasteiger partial charge in [0.2, 0.25) is 0 Å². The third-order valence-corrected chi connectivity index (χ3v) is 3.36. The summed E-state index contributed by atoms with van der Waals surface area (Å²) in [7, 11) is 3.05. The molecule has 0 aliphatic carbocycles. The second kappa shape index (κ2) is 5.01. The first kappa shape index (κ1) is 13.3. The number of imidazole rings is 1. The van der Waals surface area contributed by atoms with Crippen molar-refractivity contribution in [1.29, 1.82) is 0 Å². The fourth-order valence-corrected chi connectivity index (χ4v) is 2.28. The van der Waals surface area contributed by atoms with Crippen LogP contribution < -0.4 is 10.4 Å². The van der Waals surface area contributed by atoms with Crippen LogP contribution in [0, 0.1) is 5.82 Å². The lowest BCUT2D eigenvalue weighted by molar-refractivity contribution is 0.386. The van der Waals surface area contributed by atoms with Gasteiger partial charge >= 0.3 is 5.69 Å². The van der Waals surface area contributed by atoms with E-state index in [0.29, 0.717) is 16.7 Å². The summed E-state index contributed by atoms with van der Waals surface area (Å²) in [5.74, 6) is -0.285. The van der Waals surface area contributed by atoms with Gasteiger partial charge in [-0.25, -0.2) is 19.2 Å². The Balaban J connectivity index is 2.08. The van der Waals surface area contributed by atoms with Gasteiger partial charge in [0.1, 0.15) is 11.8 Å². The van der Waals surface area contributed by atoms with Gasteiger partial charge in [-0.3, -0.25) is 9.13 Å². The smallest absolute Gasteiger partial charge is 0.330 e. The van der Waals surface area contributed by atoms with Crippen molar-refractivity contribution in [1.82, 2.24) is 19.1 Å². The number of nitrogens with zero attached hydrogens (tertiary/aromatic N) is 4.